The van der Waals surface area contributed by atoms with Crippen molar-refractivity contribution in [3.63, 3.8) is 0 Å². The van der Waals surface area contributed by atoms with Crippen molar-refractivity contribution in [2.24, 2.45) is 10.9 Å². The second-order valence-electron chi connectivity index (χ2n) is 8.36. The molecule has 0 amide bonds. The number of guanidine groups is 1. The minimum absolute atomic E-state index is 0.381. The van der Waals surface area contributed by atoms with Gasteiger partial charge in [0.15, 0.2) is 5.96 Å². The smallest absolute Gasteiger partial charge is 0.191 e. The Hall–Kier alpha value is -2.64. The van der Waals surface area contributed by atoms with Crippen molar-refractivity contribution in [3.8, 4) is 0 Å². The summed E-state index contributed by atoms with van der Waals surface area (Å²) in [6.07, 6.45) is 1.96. The van der Waals surface area contributed by atoms with Gasteiger partial charge in [0, 0.05) is 52.5 Å². The first-order chi connectivity index (χ1) is 15.7. The van der Waals surface area contributed by atoms with Crippen LogP contribution in [0, 0.1) is 5.92 Å². The number of benzene rings is 1. The van der Waals surface area contributed by atoms with Gasteiger partial charge >= 0.3 is 0 Å². The van der Waals surface area contributed by atoms with Gasteiger partial charge < -0.3 is 25.2 Å². The minimum atomic E-state index is 0.381. The molecule has 0 radical (unpaired) electrons. The van der Waals surface area contributed by atoms with Crippen LogP contribution in [0.5, 0.6) is 0 Å². The topological polar surface area (TPSA) is 65.0 Å². The Morgan fingerprint density at radius 1 is 1.06 bits per heavy atom. The maximum atomic E-state index is 5.83. The molecular weight excluding hydrogens is 400 g/mol. The molecule has 32 heavy (non-hydrogen) atoms. The quantitative estimate of drug-likeness (QED) is 0.439. The fourth-order valence-corrected chi connectivity index (χ4v) is 3.69. The van der Waals surface area contributed by atoms with Crippen LogP contribution in [0.25, 0.3) is 0 Å². The molecule has 1 aliphatic rings. The zero-order chi connectivity index (χ0) is 22.6. The number of aliphatic imine (C=N–C) groups is 1. The molecule has 2 aromatic rings. The Kier molecular flexibility index (Phi) is 9.78. The molecule has 1 aliphatic heterocycles. The van der Waals surface area contributed by atoms with Crippen LogP contribution in [0.1, 0.15) is 25.0 Å². The first-order valence-electron chi connectivity index (χ1n) is 11.7. The third kappa shape index (κ3) is 7.80. The monoisotopic (exact) mass is 438 g/mol. The number of ether oxygens (including phenoxy) is 1. The second-order valence-corrected chi connectivity index (χ2v) is 8.36. The summed E-state index contributed by atoms with van der Waals surface area (Å²) >= 11 is 0. The lowest BCUT2D eigenvalue weighted by atomic mass is 10.2. The van der Waals surface area contributed by atoms with Crippen LogP contribution in [-0.2, 0) is 17.9 Å². The first kappa shape index (κ1) is 24.0. The Bertz CT molecular complexity index is 803. The molecule has 0 spiro atoms. The molecule has 1 fully saturated rings. The number of rotatable bonds is 10. The fourth-order valence-electron chi connectivity index (χ4n) is 3.69. The number of aromatic nitrogens is 1. The van der Waals surface area contributed by atoms with Crippen LogP contribution in [0.15, 0.2) is 53.7 Å². The number of nitrogens with one attached hydrogen (secondary N) is 2. The van der Waals surface area contributed by atoms with E-state index in [1.807, 2.05) is 24.4 Å². The van der Waals surface area contributed by atoms with E-state index in [-0.39, 0.29) is 0 Å². The van der Waals surface area contributed by atoms with Gasteiger partial charge in [-0.3, -0.25) is 4.99 Å². The van der Waals surface area contributed by atoms with Gasteiger partial charge in [-0.15, -0.1) is 0 Å². The Labute approximate surface area is 192 Å². The van der Waals surface area contributed by atoms with Gasteiger partial charge in [0.25, 0.3) is 0 Å². The second kappa shape index (κ2) is 13.0. The van der Waals surface area contributed by atoms with Crippen molar-refractivity contribution in [2.75, 3.05) is 57.8 Å². The highest BCUT2D eigenvalue weighted by Gasteiger charge is 2.16. The molecule has 1 aromatic carbocycles. The van der Waals surface area contributed by atoms with E-state index in [0.717, 1.165) is 56.6 Å². The molecule has 1 saturated heterocycles. The molecule has 1 unspecified atom stereocenters. The van der Waals surface area contributed by atoms with Gasteiger partial charge in [-0.2, -0.15) is 0 Å². The molecule has 1 atom stereocenters. The molecule has 0 saturated carbocycles. The van der Waals surface area contributed by atoms with Crippen molar-refractivity contribution in [1.82, 2.24) is 20.5 Å². The van der Waals surface area contributed by atoms with E-state index in [9.17, 15) is 0 Å². The van der Waals surface area contributed by atoms with Crippen LogP contribution >= 0.6 is 0 Å². The maximum absolute atomic E-state index is 5.83. The first-order valence-corrected chi connectivity index (χ1v) is 11.7. The van der Waals surface area contributed by atoms with E-state index in [1.54, 1.807) is 7.05 Å². The van der Waals surface area contributed by atoms with Crippen molar-refractivity contribution >= 4 is 11.8 Å². The predicted octanol–water partition coefficient (Wildman–Crippen LogP) is 2.74. The summed E-state index contributed by atoms with van der Waals surface area (Å²) in [5.74, 6) is 2.24. The third-order valence-corrected chi connectivity index (χ3v) is 5.77. The highest BCUT2D eigenvalue weighted by Crippen LogP contribution is 2.14. The lowest BCUT2D eigenvalue weighted by Crippen LogP contribution is -2.46. The Morgan fingerprint density at radius 2 is 1.84 bits per heavy atom. The number of nitrogens with zero attached hydrogens (tertiary/aromatic N) is 4. The van der Waals surface area contributed by atoms with Crippen LogP contribution < -0.4 is 15.5 Å². The van der Waals surface area contributed by atoms with E-state index >= 15 is 0 Å². The number of hydrogen-bond donors (Lipinski definition) is 2. The molecule has 1 aromatic heterocycles. The number of likely N-dealkylation sites (N-methyl/N-ethyl adjacent to an activating group) is 1. The van der Waals surface area contributed by atoms with Crippen LogP contribution in [0.4, 0.5) is 5.82 Å². The normalized spacial score (nSPS) is 16.1. The summed E-state index contributed by atoms with van der Waals surface area (Å²) in [6, 6.07) is 14.5. The van der Waals surface area contributed by atoms with Gasteiger partial charge in [0.2, 0.25) is 0 Å². The fraction of sp³-hybridized carbons (Fsp3) is 0.520. The summed E-state index contributed by atoms with van der Waals surface area (Å²) < 4.78 is 5.83. The summed E-state index contributed by atoms with van der Waals surface area (Å²) in [5, 5.41) is 6.76. The van der Waals surface area contributed by atoms with Gasteiger partial charge in [0.1, 0.15) is 5.82 Å². The molecule has 2 N–H and O–H groups in total. The van der Waals surface area contributed by atoms with Crippen molar-refractivity contribution in [3.05, 3.63) is 59.8 Å². The summed E-state index contributed by atoms with van der Waals surface area (Å²) in [7, 11) is 1.79. The lowest BCUT2D eigenvalue weighted by Gasteiger charge is -2.34. The highest BCUT2D eigenvalue weighted by atomic mass is 16.5. The predicted molar refractivity (Wildman–Crippen MR) is 132 cm³/mol. The zero-order valence-electron chi connectivity index (χ0n) is 19.8. The number of pyridine rings is 1. The van der Waals surface area contributed by atoms with Crippen LogP contribution in [0.3, 0.4) is 0 Å². The van der Waals surface area contributed by atoms with Crippen LogP contribution in [-0.4, -0.2) is 68.8 Å². The molecule has 3 rings (SSSR count). The standard InChI is InChI=1S/C25H38N6O/c1-4-30-12-14-31(15-13-30)24-11-10-23(17-27-24)18-29-25(26-3)28-16-21(2)19-32-20-22-8-6-5-7-9-22/h5-11,17,21H,4,12-16,18-20H2,1-3H3,(H2,26,28,29). The Balaban J connectivity index is 1.35. The zero-order valence-corrected chi connectivity index (χ0v) is 19.8. The van der Waals surface area contributed by atoms with Gasteiger partial charge in [-0.25, -0.2) is 4.98 Å². The average molecular weight is 439 g/mol. The molecular formula is C25H38N6O. The largest absolute Gasteiger partial charge is 0.376 e. The molecule has 174 valence electrons. The summed E-state index contributed by atoms with van der Waals surface area (Å²) in [6.45, 7) is 12.7. The van der Waals surface area contributed by atoms with E-state index in [4.69, 9.17) is 4.74 Å². The molecule has 2 heterocycles. The van der Waals surface area contributed by atoms with Gasteiger partial charge in [-0.1, -0.05) is 50.2 Å². The Morgan fingerprint density at radius 3 is 2.50 bits per heavy atom. The van der Waals surface area contributed by atoms with E-state index < -0.39 is 0 Å². The van der Waals surface area contributed by atoms with Crippen molar-refractivity contribution < 1.29 is 4.74 Å². The molecule has 7 heteroatoms. The van der Waals surface area contributed by atoms with Crippen molar-refractivity contribution in [2.45, 2.75) is 27.0 Å². The average Bonchev–Trinajstić information content (AvgIpc) is 2.85. The molecule has 0 aliphatic carbocycles. The third-order valence-electron chi connectivity index (χ3n) is 5.77. The SMILES string of the molecule is CCN1CCN(c2ccc(CNC(=NC)NCC(C)COCc3ccccc3)cn2)CC1. The van der Waals surface area contributed by atoms with Gasteiger partial charge in [0.05, 0.1) is 13.2 Å². The van der Waals surface area contributed by atoms with Crippen LogP contribution in [0.2, 0.25) is 0 Å². The summed E-state index contributed by atoms with van der Waals surface area (Å²) in [5.41, 5.74) is 2.34. The number of piperazine rings is 1. The number of anilines is 1. The minimum Gasteiger partial charge on any atom is -0.376 e. The van der Waals surface area contributed by atoms with Gasteiger partial charge in [-0.05, 0) is 29.7 Å². The van der Waals surface area contributed by atoms with E-state index in [1.165, 1.54) is 5.56 Å². The number of hydrogen-bond acceptors (Lipinski definition) is 5. The molecule has 0 bridgehead atoms. The lowest BCUT2D eigenvalue weighted by molar-refractivity contribution is 0.0931. The molecule has 7 nitrogen and oxygen atoms in total. The maximum Gasteiger partial charge on any atom is 0.191 e. The van der Waals surface area contributed by atoms with E-state index in [2.05, 4.69) is 68.5 Å². The van der Waals surface area contributed by atoms with Crippen molar-refractivity contribution in [1.29, 1.82) is 0 Å². The summed E-state index contributed by atoms with van der Waals surface area (Å²) in [4.78, 5) is 13.9. The highest BCUT2D eigenvalue weighted by molar-refractivity contribution is 5.79. The van der Waals surface area contributed by atoms with E-state index in [0.29, 0.717) is 25.7 Å².